The lowest BCUT2D eigenvalue weighted by atomic mass is 9.82. The molecule has 2 unspecified atom stereocenters. The number of rotatable bonds is 5. The molecule has 1 saturated carbocycles. The molecule has 2 aliphatic rings. The van der Waals surface area contributed by atoms with Crippen molar-refractivity contribution in [2.45, 2.75) is 44.8 Å². The summed E-state index contributed by atoms with van der Waals surface area (Å²) >= 11 is 1.49. The number of alkyl halides is 2. The van der Waals surface area contributed by atoms with Crippen molar-refractivity contribution in [1.82, 2.24) is 20.1 Å². The Morgan fingerprint density at radius 3 is 2.89 bits per heavy atom. The van der Waals surface area contributed by atoms with E-state index in [-0.39, 0.29) is 12.0 Å². The summed E-state index contributed by atoms with van der Waals surface area (Å²) in [4.78, 5) is 8.85. The fraction of sp³-hybridized carbons (Fsp3) is 0.500. The van der Waals surface area contributed by atoms with Crippen LogP contribution in [0.1, 0.15) is 49.2 Å². The third-order valence-corrected chi connectivity index (χ3v) is 5.93. The zero-order valence-electron chi connectivity index (χ0n) is 14.7. The molecule has 6 nitrogen and oxygen atoms in total. The number of hydrogen-bond donors (Lipinski definition) is 2. The second-order valence-corrected chi connectivity index (χ2v) is 7.78. The molecule has 1 aliphatic heterocycles. The molecular formula is C18H21F2N5OS. The Balaban J connectivity index is 1.63. The van der Waals surface area contributed by atoms with Crippen LogP contribution in [-0.2, 0) is 0 Å². The summed E-state index contributed by atoms with van der Waals surface area (Å²) in [5, 5.41) is 20.2. The predicted molar refractivity (Wildman–Crippen MR) is 99.6 cm³/mol. The third kappa shape index (κ3) is 3.93. The van der Waals surface area contributed by atoms with E-state index in [1.165, 1.54) is 23.7 Å². The normalized spacial score (nSPS) is 23.5. The molecule has 0 amide bonds. The largest absolute Gasteiger partial charge is 0.393 e. The third-order valence-electron chi connectivity index (χ3n) is 5.15. The molecule has 2 aromatic rings. The smallest absolute Gasteiger partial charge is 0.333 e. The Morgan fingerprint density at radius 2 is 2.19 bits per heavy atom. The van der Waals surface area contributed by atoms with Crippen LogP contribution in [0.4, 0.5) is 8.78 Å². The molecule has 0 bridgehead atoms. The molecule has 27 heavy (non-hydrogen) atoms. The molecular weight excluding hydrogens is 372 g/mol. The number of hydrogen-bond acceptors (Lipinski definition) is 6. The van der Waals surface area contributed by atoms with Crippen molar-refractivity contribution in [2.75, 3.05) is 6.54 Å². The number of amidine groups is 1. The lowest BCUT2D eigenvalue weighted by molar-refractivity contribution is 0.0566. The zero-order chi connectivity index (χ0) is 18.8. The van der Waals surface area contributed by atoms with E-state index in [1.807, 2.05) is 5.38 Å². The van der Waals surface area contributed by atoms with Crippen molar-refractivity contribution in [3.05, 3.63) is 40.2 Å². The summed E-state index contributed by atoms with van der Waals surface area (Å²) in [6.07, 6.45) is 8.75. The molecule has 1 fully saturated rings. The molecule has 0 spiro atoms. The zero-order valence-corrected chi connectivity index (χ0v) is 15.5. The minimum absolute atomic E-state index is 0.150. The lowest BCUT2D eigenvalue weighted by Gasteiger charge is -2.30. The van der Waals surface area contributed by atoms with Gasteiger partial charge in [0, 0.05) is 34.6 Å². The molecule has 4 rings (SSSR count). The number of aliphatic imine (C=N–C) groups is 1. The van der Waals surface area contributed by atoms with E-state index in [0.29, 0.717) is 29.0 Å². The Labute approximate surface area is 159 Å². The Hall–Kier alpha value is -2.13. The second-order valence-electron chi connectivity index (χ2n) is 6.89. The first-order chi connectivity index (χ1) is 13.1. The first kappa shape index (κ1) is 18.2. The van der Waals surface area contributed by atoms with Gasteiger partial charge in [-0.25, -0.2) is 9.67 Å². The number of nitrogens with zero attached hydrogens (tertiary/aromatic N) is 4. The van der Waals surface area contributed by atoms with Gasteiger partial charge in [0.1, 0.15) is 0 Å². The standard InChI is InChI=1S/C18H21F2N5OS/c19-18(20)25-10-12(8-23-25)13-9-22-16(17-21-5-6-27-17)24-14(13)7-11-3-1-2-4-15(11)26/h5-6,8,10-11,15,18,26H,1-4,7,9H2,(H,22,24). The van der Waals surface area contributed by atoms with Crippen LogP contribution in [0.3, 0.4) is 0 Å². The van der Waals surface area contributed by atoms with Gasteiger partial charge >= 0.3 is 6.55 Å². The van der Waals surface area contributed by atoms with E-state index in [4.69, 9.17) is 0 Å². The lowest BCUT2D eigenvalue weighted by Crippen LogP contribution is -2.33. The van der Waals surface area contributed by atoms with Gasteiger partial charge in [-0.2, -0.15) is 13.9 Å². The summed E-state index contributed by atoms with van der Waals surface area (Å²) in [6.45, 7) is -2.30. The Morgan fingerprint density at radius 1 is 1.33 bits per heavy atom. The van der Waals surface area contributed by atoms with E-state index in [9.17, 15) is 13.9 Å². The molecule has 2 N–H and O–H groups in total. The van der Waals surface area contributed by atoms with Crippen LogP contribution < -0.4 is 5.32 Å². The number of aromatic nitrogens is 3. The Bertz CT molecular complexity index is 846. The van der Waals surface area contributed by atoms with Crippen LogP contribution in [0.15, 0.2) is 34.7 Å². The SMILES string of the molecule is OC1CCCCC1CC1=C(c2cnn(C(F)F)c2)CN=C(c2nccs2)N1. The summed E-state index contributed by atoms with van der Waals surface area (Å²) in [7, 11) is 0. The number of thiazole rings is 1. The van der Waals surface area contributed by atoms with Crippen LogP contribution in [0, 0.1) is 5.92 Å². The van der Waals surface area contributed by atoms with E-state index >= 15 is 0 Å². The van der Waals surface area contributed by atoms with Gasteiger partial charge in [-0.3, -0.25) is 4.99 Å². The fourth-order valence-electron chi connectivity index (χ4n) is 3.70. The number of halogens is 2. The van der Waals surface area contributed by atoms with E-state index in [0.717, 1.165) is 42.0 Å². The molecule has 9 heteroatoms. The highest BCUT2D eigenvalue weighted by Crippen LogP contribution is 2.33. The highest BCUT2D eigenvalue weighted by Gasteiger charge is 2.28. The van der Waals surface area contributed by atoms with Crippen LogP contribution in [0.5, 0.6) is 0 Å². The van der Waals surface area contributed by atoms with Crippen LogP contribution in [0.2, 0.25) is 0 Å². The minimum atomic E-state index is -2.67. The summed E-state index contributed by atoms with van der Waals surface area (Å²) in [5.41, 5.74) is 2.39. The van der Waals surface area contributed by atoms with Gasteiger partial charge in [-0.15, -0.1) is 11.3 Å². The monoisotopic (exact) mass is 393 g/mol. The van der Waals surface area contributed by atoms with Crippen molar-refractivity contribution in [1.29, 1.82) is 0 Å². The van der Waals surface area contributed by atoms with Gasteiger partial charge in [0.15, 0.2) is 10.8 Å². The first-order valence-electron chi connectivity index (χ1n) is 9.06. The van der Waals surface area contributed by atoms with E-state index in [1.54, 1.807) is 6.20 Å². The molecule has 2 atom stereocenters. The molecule has 144 valence electrons. The van der Waals surface area contributed by atoms with Crippen molar-refractivity contribution in [3.63, 3.8) is 0 Å². The van der Waals surface area contributed by atoms with Crippen molar-refractivity contribution >= 4 is 22.7 Å². The Kier molecular flexibility index (Phi) is 5.31. The highest BCUT2D eigenvalue weighted by atomic mass is 32.1. The average molecular weight is 393 g/mol. The van der Waals surface area contributed by atoms with E-state index in [2.05, 4.69) is 20.4 Å². The van der Waals surface area contributed by atoms with Crippen LogP contribution >= 0.6 is 11.3 Å². The van der Waals surface area contributed by atoms with Gasteiger partial charge in [0.05, 0.1) is 18.8 Å². The number of aliphatic hydroxyl groups is 1. The second kappa shape index (κ2) is 7.85. The summed E-state index contributed by atoms with van der Waals surface area (Å²) < 4.78 is 26.5. The predicted octanol–water partition coefficient (Wildman–Crippen LogP) is 3.44. The molecule has 2 aromatic heterocycles. The summed E-state index contributed by atoms with van der Waals surface area (Å²) in [6, 6.07) is 0. The maximum absolute atomic E-state index is 12.9. The minimum Gasteiger partial charge on any atom is -0.393 e. The van der Waals surface area contributed by atoms with Gasteiger partial charge in [-0.1, -0.05) is 12.8 Å². The maximum atomic E-state index is 12.9. The number of nitrogens with one attached hydrogen (secondary N) is 1. The van der Waals surface area contributed by atoms with E-state index < -0.39 is 6.55 Å². The topological polar surface area (TPSA) is 75.3 Å². The van der Waals surface area contributed by atoms with Crippen molar-refractivity contribution in [2.24, 2.45) is 10.9 Å². The number of aliphatic hydroxyl groups excluding tert-OH is 1. The quantitative estimate of drug-likeness (QED) is 0.816. The van der Waals surface area contributed by atoms with Gasteiger partial charge in [0.2, 0.25) is 0 Å². The molecule has 0 saturated heterocycles. The van der Waals surface area contributed by atoms with Gasteiger partial charge in [-0.05, 0) is 25.2 Å². The summed E-state index contributed by atoms with van der Waals surface area (Å²) in [5.74, 6) is 0.840. The maximum Gasteiger partial charge on any atom is 0.333 e. The molecule has 0 aromatic carbocycles. The molecule has 0 radical (unpaired) electrons. The van der Waals surface area contributed by atoms with Crippen LogP contribution in [0.25, 0.3) is 5.57 Å². The highest BCUT2D eigenvalue weighted by molar-refractivity contribution is 7.11. The van der Waals surface area contributed by atoms with Crippen LogP contribution in [-0.4, -0.2) is 38.4 Å². The fourth-order valence-corrected chi connectivity index (χ4v) is 4.30. The van der Waals surface area contributed by atoms with Crippen molar-refractivity contribution in [3.8, 4) is 0 Å². The van der Waals surface area contributed by atoms with Gasteiger partial charge in [0.25, 0.3) is 0 Å². The number of allylic oxidation sites excluding steroid dienone is 1. The first-order valence-corrected chi connectivity index (χ1v) is 9.94. The average Bonchev–Trinajstić information content (AvgIpc) is 3.36. The van der Waals surface area contributed by atoms with Crippen molar-refractivity contribution < 1.29 is 13.9 Å². The molecule has 3 heterocycles. The molecule has 1 aliphatic carbocycles. The van der Waals surface area contributed by atoms with Gasteiger partial charge < -0.3 is 10.4 Å².